The van der Waals surface area contributed by atoms with E-state index < -0.39 is 7.75 Å². The van der Waals surface area contributed by atoms with Crippen molar-refractivity contribution in [2.75, 3.05) is 36.4 Å². The number of hydrogen-bond acceptors (Lipinski definition) is 6. The van der Waals surface area contributed by atoms with Crippen LogP contribution in [0.4, 0.5) is 21.9 Å². The lowest BCUT2D eigenvalue weighted by atomic mass is 10.2. The van der Waals surface area contributed by atoms with Gasteiger partial charge in [-0.15, -0.1) is 5.20 Å². The third-order valence-electron chi connectivity index (χ3n) is 3.42. The summed E-state index contributed by atoms with van der Waals surface area (Å²) in [6.45, 7) is 3.88. The molecule has 0 spiro atoms. The summed E-state index contributed by atoms with van der Waals surface area (Å²) >= 11 is 0. The Morgan fingerprint density at radius 3 is 2.21 bits per heavy atom. The van der Waals surface area contributed by atoms with Gasteiger partial charge < -0.3 is 20.8 Å². The van der Waals surface area contributed by atoms with E-state index in [1.807, 2.05) is 18.2 Å². The van der Waals surface area contributed by atoms with E-state index in [1.54, 1.807) is 44.2 Å². The quantitative estimate of drug-likeness (QED) is 0.340. The van der Waals surface area contributed by atoms with Gasteiger partial charge in [-0.05, 0) is 38.1 Å². The summed E-state index contributed by atoms with van der Waals surface area (Å²) < 4.78 is 28.1. The molecule has 0 radical (unpaired) electrons. The number of methoxy groups -OCH3 is 1. The number of para-hydroxylation sites is 1. The molecule has 0 aliphatic rings. The Bertz CT molecular complexity index is 809. The predicted octanol–water partition coefficient (Wildman–Crippen LogP) is 4.44. The van der Waals surface area contributed by atoms with Crippen molar-refractivity contribution in [3.63, 3.8) is 0 Å². The maximum atomic E-state index is 12.4. The molecule has 0 saturated carbocycles. The highest BCUT2D eigenvalue weighted by molar-refractivity contribution is 7.51. The maximum Gasteiger partial charge on any atom is 0.423 e. The third-order valence-corrected chi connectivity index (χ3v) is 5.00. The summed E-state index contributed by atoms with van der Waals surface area (Å²) in [7, 11) is -2.00. The summed E-state index contributed by atoms with van der Waals surface area (Å²) in [5.41, 5.74) is 4.47. The SMILES string of the molecule is CCOP(=O)(NNc1ccc(NC(=O)Nc2ccccc2)cc1OC)OCC. The first-order valence-electron chi connectivity index (χ1n) is 8.73. The van der Waals surface area contributed by atoms with Crippen LogP contribution in [-0.4, -0.2) is 26.4 Å². The highest BCUT2D eigenvalue weighted by atomic mass is 31.2. The lowest BCUT2D eigenvalue weighted by Gasteiger charge is -2.20. The van der Waals surface area contributed by atoms with Crippen LogP contribution in [0.25, 0.3) is 0 Å². The topological polar surface area (TPSA) is 110 Å². The molecule has 4 N–H and O–H groups in total. The van der Waals surface area contributed by atoms with E-state index in [2.05, 4.69) is 21.3 Å². The van der Waals surface area contributed by atoms with Gasteiger partial charge in [0.25, 0.3) is 0 Å². The number of hydrogen-bond donors (Lipinski definition) is 4. The Labute approximate surface area is 164 Å². The second-order valence-corrected chi connectivity index (χ2v) is 7.16. The Morgan fingerprint density at radius 1 is 0.964 bits per heavy atom. The number of carbonyl (C=O) groups is 1. The number of nitrogens with one attached hydrogen (secondary N) is 4. The number of hydrazine groups is 1. The van der Waals surface area contributed by atoms with Crippen molar-refractivity contribution in [2.24, 2.45) is 0 Å². The van der Waals surface area contributed by atoms with Crippen LogP contribution in [0.15, 0.2) is 48.5 Å². The lowest BCUT2D eigenvalue weighted by molar-refractivity contribution is 0.213. The van der Waals surface area contributed by atoms with Crippen LogP contribution in [0.3, 0.4) is 0 Å². The molecule has 0 aromatic heterocycles. The first-order valence-corrected chi connectivity index (χ1v) is 10.3. The van der Waals surface area contributed by atoms with Crippen LogP contribution in [0.1, 0.15) is 13.8 Å². The number of anilines is 3. The molecule has 0 bridgehead atoms. The van der Waals surface area contributed by atoms with E-state index in [0.29, 0.717) is 22.8 Å². The van der Waals surface area contributed by atoms with Crippen LogP contribution in [0.2, 0.25) is 0 Å². The molecule has 152 valence electrons. The van der Waals surface area contributed by atoms with E-state index in [-0.39, 0.29) is 19.2 Å². The van der Waals surface area contributed by atoms with Crippen molar-refractivity contribution >= 4 is 30.8 Å². The fourth-order valence-electron chi connectivity index (χ4n) is 2.26. The fraction of sp³-hybridized carbons (Fsp3) is 0.278. The van der Waals surface area contributed by atoms with Gasteiger partial charge in [0.2, 0.25) is 0 Å². The third kappa shape index (κ3) is 6.54. The minimum absolute atomic E-state index is 0.225. The lowest BCUT2D eigenvalue weighted by Crippen LogP contribution is -2.22. The van der Waals surface area contributed by atoms with Gasteiger partial charge in [0.15, 0.2) is 0 Å². The highest BCUT2D eigenvalue weighted by Gasteiger charge is 2.23. The second-order valence-electron chi connectivity index (χ2n) is 5.43. The summed E-state index contributed by atoms with van der Waals surface area (Å²) in [5, 5.41) is 8.01. The number of rotatable bonds is 10. The zero-order valence-electron chi connectivity index (χ0n) is 16.0. The monoisotopic (exact) mass is 408 g/mol. The van der Waals surface area contributed by atoms with Crippen LogP contribution in [-0.2, 0) is 13.6 Å². The van der Waals surface area contributed by atoms with E-state index in [1.165, 1.54) is 7.11 Å². The molecule has 10 heteroatoms. The normalized spacial score (nSPS) is 11.0. The summed E-state index contributed by atoms with van der Waals surface area (Å²) in [6, 6.07) is 13.7. The van der Waals surface area contributed by atoms with Crippen LogP contribution in [0.5, 0.6) is 5.75 Å². The molecule has 28 heavy (non-hydrogen) atoms. The maximum absolute atomic E-state index is 12.4. The van der Waals surface area contributed by atoms with E-state index in [0.717, 1.165) is 0 Å². The Hall–Kier alpha value is -2.58. The predicted molar refractivity (Wildman–Crippen MR) is 110 cm³/mol. The van der Waals surface area contributed by atoms with Gasteiger partial charge in [-0.3, -0.25) is 9.05 Å². The summed E-state index contributed by atoms with van der Waals surface area (Å²) in [6.07, 6.45) is 0. The van der Waals surface area contributed by atoms with Crippen LogP contribution in [0, 0.1) is 0 Å². The zero-order valence-corrected chi connectivity index (χ0v) is 16.9. The molecular formula is C18H25N4O5P. The number of urea groups is 1. The average Bonchev–Trinajstić information content (AvgIpc) is 2.68. The molecule has 0 unspecified atom stereocenters. The number of ether oxygens (including phenoxy) is 1. The van der Waals surface area contributed by atoms with Crippen molar-refractivity contribution in [3.8, 4) is 5.75 Å². The van der Waals surface area contributed by atoms with Crippen molar-refractivity contribution < 1.29 is 23.1 Å². The largest absolute Gasteiger partial charge is 0.494 e. The van der Waals surface area contributed by atoms with Crippen molar-refractivity contribution in [3.05, 3.63) is 48.5 Å². The summed E-state index contributed by atoms with van der Waals surface area (Å²) in [4.78, 5) is 12.1. The highest BCUT2D eigenvalue weighted by Crippen LogP contribution is 2.43. The van der Waals surface area contributed by atoms with Crippen molar-refractivity contribution in [1.29, 1.82) is 0 Å². The Balaban J connectivity index is 2.02. The second kappa shape index (κ2) is 10.7. The van der Waals surface area contributed by atoms with Gasteiger partial charge in [-0.2, -0.15) is 0 Å². The van der Waals surface area contributed by atoms with Crippen LogP contribution >= 0.6 is 7.75 Å². The molecule has 0 saturated heterocycles. The fourth-order valence-corrected chi connectivity index (χ4v) is 3.40. The first-order chi connectivity index (χ1) is 13.5. The molecule has 2 aromatic rings. The number of carbonyl (C=O) groups excluding carboxylic acids is 1. The molecule has 9 nitrogen and oxygen atoms in total. The number of amides is 2. The molecule has 0 aliphatic heterocycles. The molecule has 2 rings (SSSR count). The molecule has 2 amide bonds. The van der Waals surface area contributed by atoms with E-state index in [9.17, 15) is 9.36 Å². The van der Waals surface area contributed by atoms with Gasteiger partial charge in [0, 0.05) is 17.4 Å². The van der Waals surface area contributed by atoms with Crippen LogP contribution < -0.4 is 26.0 Å². The molecule has 0 fully saturated rings. The Morgan fingerprint density at radius 2 is 1.61 bits per heavy atom. The van der Waals surface area contributed by atoms with Gasteiger partial charge in [-0.1, -0.05) is 18.2 Å². The first kappa shape index (κ1) is 21.7. The minimum atomic E-state index is -3.48. The summed E-state index contributed by atoms with van der Waals surface area (Å²) in [5.74, 6) is 0.421. The smallest absolute Gasteiger partial charge is 0.423 e. The van der Waals surface area contributed by atoms with Gasteiger partial charge in [-0.25, -0.2) is 9.36 Å². The average molecular weight is 408 g/mol. The minimum Gasteiger partial charge on any atom is -0.494 e. The molecule has 0 heterocycles. The molecule has 0 atom stereocenters. The molecule has 2 aromatic carbocycles. The van der Waals surface area contributed by atoms with Crippen molar-refractivity contribution in [1.82, 2.24) is 5.20 Å². The van der Waals surface area contributed by atoms with Crippen molar-refractivity contribution in [2.45, 2.75) is 13.8 Å². The van der Waals surface area contributed by atoms with Gasteiger partial charge in [0.05, 0.1) is 26.0 Å². The number of benzene rings is 2. The van der Waals surface area contributed by atoms with E-state index >= 15 is 0 Å². The standard InChI is InChI=1S/C18H25N4O5P/c1-4-26-28(24,27-5-2)22-21-16-12-11-15(13-17(16)25-3)20-18(23)19-14-9-7-6-8-10-14/h6-13,21H,4-5H2,1-3H3,(H,22,24)(H2,19,20,23). The zero-order chi connectivity index (χ0) is 20.4. The molecular weight excluding hydrogens is 383 g/mol. The van der Waals surface area contributed by atoms with Gasteiger partial charge >= 0.3 is 13.8 Å². The van der Waals surface area contributed by atoms with Gasteiger partial charge in [0.1, 0.15) is 5.75 Å². The Kier molecular flexibility index (Phi) is 8.28. The van der Waals surface area contributed by atoms with E-state index in [4.69, 9.17) is 13.8 Å². The molecule has 0 aliphatic carbocycles.